The van der Waals surface area contributed by atoms with Crippen LogP contribution in [0.25, 0.3) is 0 Å². The minimum atomic E-state index is -0.423. The van der Waals surface area contributed by atoms with E-state index in [1.54, 1.807) is 17.0 Å². The second kappa shape index (κ2) is 4.96. The van der Waals surface area contributed by atoms with Gasteiger partial charge in [0.2, 0.25) is 5.91 Å². The Hall–Kier alpha value is -1.23. The minimum absolute atomic E-state index is 0.0534. The van der Waals surface area contributed by atoms with Crippen LogP contribution in [0.3, 0.4) is 0 Å². The first kappa shape index (κ1) is 12.2. The van der Waals surface area contributed by atoms with Gasteiger partial charge in [0.05, 0.1) is 7.11 Å². The van der Waals surface area contributed by atoms with Gasteiger partial charge < -0.3 is 9.64 Å². The maximum atomic E-state index is 13.3. The highest BCUT2D eigenvalue weighted by Gasteiger charge is 2.29. The van der Waals surface area contributed by atoms with E-state index in [9.17, 15) is 9.18 Å². The first-order valence-corrected chi connectivity index (χ1v) is 6.03. The number of carbonyl (C=O) groups excluding carboxylic acids is 1. The number of ether oxygens (including phenoxy) is 1. The molecule has 1 aliphatic rings. The van der Waals surface area contributed by atoms with Crippen LogP contribution in [0.4, 0.5) is 10.1 Å². The lowest BCUT2D eigenvalue weighted by Gasteiger charge is -2.17. The number of hydrogen-bond acceptors (Lipinski definition) is 3. The maximum Gasteiger partial charge on any atom is 0.227 e. The summed E-state index contributed by atoms with van der Waals surface area (Å²) in [5.74, 6) is 0.735. The number of benzene rings is 1. The third-order valence-corrected chi connectivity index (χ3v) is 3.43. The van der Waals surface area contributed by atoms with Crippen molar-refractivity contribution in [3.63, 3.8) is 0 Å². The quantitative estimate of drug-likeness (QED) is 0.838. The predicted octanol–water partition coefficient (Wildman–Crippen LogP) is 2.12. The van der Waals surface area contributed by atoms with Crippen molar-refractivity contribution in [2.75, 3.05) is 24.3 Å². The molecular formula is C12H14FNO2S. The molecule has 1 unspecified atom stereocenters. The first-order chi connectivity index (χ1) is 8.15. The summed E-state index contributed by atoms with van der Waals surface area (Å²) in [6.45, 7) is 0.636. The Morgan fingerprint density at radius 1 is 1.59 bits per heavy atom. The molecule has 1 saturated heterocycles. The molecule has 0 spiro atoms. The summed E-state index contributed by atoms with van der Waals surface area (Å²) in [6.07, 6.45) is 0.503. The summed E-state index contributed by atoms with van der Waals surface area (Å²) in [5, 5.41) is 0. The van der Waals surface area contributed by atoms with E-state index in [2.05, 4.69) is 12.6 Å². The van der Waals surface area contributed by atoms with E-state index in [1.807, 2.05) is 0 Å². The van der Waals surface area contributed by atoms with Crippen LogP contribution in [0.15, 0.2) is 18.2 Å². The van der Waals surface area contributed by atoms with Crippen LogP contribution in [0.1, 0.15) is 6.42 Å². The highest BCUT2D eigenvalue weighted by Crippen LogP contribution is 2.29. The molecule has 1 aliphatic heterocycles. The van der Waals surface area contributed by atoms with Crippen LogP contribution >= 0.6 is 12.6 Å². The van der Waals surface area contributed by atoms with Crippen LogP contribution in [0.5, 0.6) is 5.75 Å². The van der Waals surface area contributed by atoms with Gasteiger partial charge in [0, 0.05) is 24.7 Å². The molecule has 0 saturated carbocycles. The average Bonchev–Trinajstić information content (AvgIpc) is 2.71. The molecule has 3 nitrogen and oxygen atoms in total. The first-order valence-electron chi connectivity index (χ1n) is 5.40. The van der Waals surface area contributed by atoms with Crippen molar-refractivity contribution in [2.24, 2.45) is 5.92 Å². The fourth-order valence-electron chi connectivity index (χ4n) is 1.97. The molecule has 1 heterocycles. The molecule has 1 atom stereocenters. The van der Waals surface area contributed by atoms with Crippen molar-refractivity contribution in [1.82, 2.24) is 0 Å². The number of amides is 1. The van der Waals surface area contributed by atoms with E-state index >= 15 is 0 Å². The van der Waals surface area contributed by atoms with Crippen molar-refractivity contribution >= 4 is 24.2 Å². The van der Waals surface area contributed by atoms with Gasteiger partial charge >= 0.3 is 0 Å². The van der Waals surface area contributed by atoms with Crippen molar-refractivity contribution in [3.05, 3.63) is 24.0 Å². The third kappa shape index (κ3) is 2.39. The fourth-order valence-corrected chi connectivity index (χ4v) is 2.21. The topological polar surface area (TPSA) is 29.5 Å². The zero-order chi connectivity index (χ0) is 12.4. The monoisotopic (exact) mass is 255 g/mol. The number of methoxy groups -OCH3 is 1. The van der Waals surface area contributed by atoms with Gasteiger partial charge in [-0.3, -0.25) is 4.79 Å². The van der Waals surface area contributed by atoms with Crippen LogP contribution in [-0.4, -0.2) is 25.3 Å². The highest BCUT2D eigenvalue weighted by molar-refractivity contribution is 7.80. The molecule has 0 radical (unpaired) electrons. The lowest BCUT2D eigenvalue weighted by Crippen LogP contribution is -2.24. The summed E-state index contributed by atoms with van der Waals surface area (Å²) in [6, 6.07) is 4.46. The van der Waals surface area contributed by atoms with Gasteiger partial charge in [0.25, 0.3) is 0 Å². The Morgan fingerprint density at radius 3 is 2.94 bits per heavy atom. The molecular weight excluding hydrogens is 241 g/mol. The summed E-state index contributed by atoms with van der Waals surface area (Å²) in [7, 11) is 1.41. The summed E-state index contributed by atoms with van der Waals surface area (Å²) >= 11 is 4.20. The molecule has 1 aromatic carbocycles. The third-order valence-electron chi connectivity index (χ3n) is 2.91. The summed E-state index contributed by atoms with van der Waals surface area (Å²) in [5.41, 5.74) is 0.678. The Bertz CT molecular complexity index is 439. The summed E-state index contributed by atoms with van der Waals surface area (Å²) < 4.78 is 18.2. The normalized spacial score (nSPS) is 19.8. The lowest BCUT2D eigenvalue weighted by atomic mass is 10.1. The fraction of sp³-hybridized carbons (Fsp3) is 0.417. The molecule has 17 heavy (non-hydrogen) atoms. The maximum absolute atomic E-state index is 13.3. The van der Waals surface area contributed by atoms with Crippen molar-refractivity contribution < 1.29 is 13.9 Å². The van der Waals surface area contributed by atoms with E-state index in [1.165, 1.54) is 13.2 Å². The minimum Gasteiger partial charge on any atom is -0.494 e. The number of nitrogens with zero attached hydrogens (tertiary/aromatic N) is 1. The number of rotatable bonds is 3. The highest BCUT2D eigenvalue weighted by atomic mass is 32.1. The number of carbonyl (C=O) groups is 1. The Morgan fingerprint density at radius 2 is 2.35 bits per heavy atom. The lowest BCUT2D eigenvalue weighted by molar-refractivity contribution is -0.117. The molecule has 1 fully saturated rings. The number of anilines is 1. The van der Waals surface area contributed by atoms with E-state index in [4.69, 9.17) is 4.74 Å². The number of hydrogen-bond donors (Lipinski definition) is 1. The van der Waals surface area contributed by atoms with Crippen LogP contribution in [0, 0.1) is 11.7 Å². The van der Waals surface area contributed by atoms with Crippen LogP contribution < -0.4 is 9.64 Å². The molecule has 0 aliphatic carbocycles. The van der Waals surface area contributed by atoms with Crippen LogP contribution in [-0.2, 0) is 4.79 Å². The van der Waals surface area contributed by atoms with Gasteiger partial charge in [0.15, 0.2) is 11.6 Å². The largest absolute Gasteiger partial charge is 0.494 e. The molecule has 0 N–H and O–H groups in total. The van der Waals surface area contributed by atoms with E-state index in [-0.39, 0.29) is 17.6 Å². The standard InChI is InChI=1S/C12H14FNO2S/c1-16-11-5-9(2-3-10(11)13)14-6-8(7-17)4-12(14)15/h2-3,5,8,17H,4,6-7H2,1H3. The smallest absolute Gasteiger partial charge is 0.227 e. The van der Waals surface area contributed by atoms with E-state index in [0.29, 0.717) is 24.4 Å². The zero-order valence-corrected chi connectivity index (χ0v) is 10.4. The molecule has 1 aromatic rings. The second-order valence-electron chi connectivity index (χ2n) is 4.08. The molecule has 0 aromatic heterocycles. The van der Waals surface area contributed by atoms with Crippen molar-refractivity contribution in [2.45, 2.75) is 6.42 Å². The van der Waals surface area contributed by atoms with Gasteiger partial charge in [-0.25, -0.2) is 4.39 Å². The molecule has 92 valence electrons. The van der Waals surface area contributed by atoms with Gasteiger partial charge in [-0.15, -0.1) is 0 Å². The predicted molar refractivity (Wildman–Crippen MR) is 67.3 cm³/mol. The second-order valence-corrected chi connectivity index (χ2v) is 4.44. The molecule has 0 bridgehead atoms. The van der Waals surface area contributed by atoms with Gasteiger partial charge in [0.1, 0.15) is 0 Å². The number of thiol groups is 1. The van der Waals surface area contributed by atoms with E-state index < -0.39 is 5.82 Å². The Kier molecular flexibility index (Phi) is 3.57. The molecule has 5 heteroatoms. The number of halogens is 1. The Labute approximate surface area is 105 Å². The summed E-state index contributed by atoms with van der Waals surface area (Å²) in [4.78, 5) is 13.4. The van der Waals surface area contributed by atoms with Crippen molar-refractivity contribution in [1.29, 1.82) is 0 Å². The molecule has 1 amide bonds. The van der Waals surface area contributed by atoms with Gasteiger partial charge in [-0.1, -0.05) is 0 Å². The average molecular weight is 255 g/mol. The zero-order valence-electron chi connectivity index (χ0n) is 9.52. The SMILES string of the molecule is COc1cc(N2CC(CS)CC2=O)ccc1F. The van der Waals surface area contributed by atoms with Crippen LogP contribution in [0.2, 0.25) is 0 Å². The Balaban J connectivity index is 2.26. The van der Waals surface area contributed by atoms with Gasteiger partial charge in [-0.05, 0) is 23.8 Å². The van der Waals surface area contributed by atoms with Gasteiger partial charge in [-0.2, -0.15) is 12.6 Å². The van der Waals surface area contributed by atoms with E-state index in [0.717, 1.165) is 0 Å². The molecule has 2 rings (SSSR count). The van der Waals surface area contributed by atoms with Crippen molar-refractivity contribution in [3.8, 4) is 5.75 Å².